The highest BCUT2D eigenvalue weighted by Gasteiger charge is 2.10. The van der Waals surface area contributed by atoms with Crippen LogP contribution in [0.25, 0.3) is 0 Å². The first-order chi connectivity index (χ1) is 6.65. The van der Waals surface area contributed by atoms with Crippen LogP contribution in [0.3, 0.4) is 0 Å². The summed E-state index contributed by atoms with van der Waals surface area (Å²) >= 11 is 4.91. The average Bonchev–Trinajstić information content (AvgIpc) is 2.47. The summed E-state index contributed by atoms with van der Waals surface area (Å²) in [6.45, 7) is 2.64. The van der Waals surface area contributed by atoms with Crippen molar-refractivity contribution < 1.29 is 9.53 Å². The Morgan fingerprint density at radius 2 is 2.36 bits per heavy atom. The monoisotopic (exact) mass is 276 g/mol. The number of aryl methyl sites for hydroxylation is 1. The van der Waals surface area contributed by atoms with Gasteiger partial charge in [0.15, 0.2) is 5.78 Å². The first kappa shape index (κ1) is 11.9. The molecule has 0 aromatic carbocycles. The molecule has 1 aromatic heterocycles. The average molecular weight is 277 g/mol. The highest BCUT2D eigenvalue weighted by molar-refractivity contribution is 9.11. The summed E-state index contributed by atoms with van der Waals surface area (Å²) in [5, 5.41) is 0. The molecule has 14 heavy (non-hydrogen) atoms. The van der Waals surface area contributed by atoms with Crippen molar-refractivity contribution >= 4 is 33.0 Å². The van der Waals surface area contributed by atoms with Crippen molar-refractivity contribution in [2.24, 2.45) is 0 Å². The minimum absolute atomic E-state index is 0.209. The number of carbonyl (C=O) groups is 1. The summed E-state index contributed by atoms with van der Waals surface area (Å²) < 4.78 is 5.95. The molecule has 1 heterocycles. The number of ether oxygens (including phenoxy) is 1. The fraction of sp³-hybridized carbons (Fsp3) is 0.500. The summed E-state index contributed by atoms with van der Waals surface area (Å²) in [7, 11) is 1.65. The first-order valence-electron chi connectivity index (χ1n) is 4.43. The maximum atomic E-state index is 11.6. The van der Waals surface area contributed by atoms with Crippen molar-refractivity contribution in [1.29, 1.82) is 0 Å². The molecule has 0 N–H and O–H groups in total. The lowest BCUT2D eigenvalue weighted by Crippen LogP contribution is -1.98. The highest BCUT2D eigenvalue weighted by atomic mass is 79.9. The standard InChI is InChI=1S/C10H13BrO2S/c1-7-6-9(14-10(7)11)8(12)4-3-5-13-2/h6H,3-5H2,1-2H3. The fourth-order valence-corrected chi connectivity index (χ4v) is 2.60. The predicted octanol–water partition coefficient (Wildman–Crippen LogP) is 3.43. The Labute approximate surface area is 96.4 Å². The van der Waals surface area contributed by atoms with Gasteiger partial charge in [-0.15, -0.1) is 11.3 Å². The van der Waals surface area contributed by atoms with Gasteiger partial charge >= 0.3 is 0 Å². The van der Waals surface area contributed by atoms with Crippen LogP contribution in [0.15, 0.2) is 9.85 Å². The Morgan fingerprint density at radius 3 is 2.86 bits per heavy atom. The van der Waals surface area contributed by atoms with Gasteiger partial charge in [0.1, 0.15) is 0 Å². The van der Waals surface area contributed by atoms with E-state index in [0.29, 0.717) is 13.0 Å². The molecule has 78 valence electrons. The molecule has 0 atom stereocenters. The van der Waals surface area contributed by atoms with Gasteiger partial charge in [0.2, 0.25) is 0 Å². The van der Waals surface area contributed by atoms with Gasteiger partial charge in [0.05, 0.1) is 8.66 Å². The Balaban J connectivity index is 2.52. The number of halogens is 1. The lowest BCUT2D eigenvalue weighted by atomic mass is 10.2. The van der Waals surface area contributed by atoms with Crippen LogP contribution in [-0.2, 0) is 4.74 Å². The van der Waals surface area contributed by atoms with Gasteiger partial charge in [-0.2, -0.15) is 0 Å². The Kier molecular flexibility index (Phi) is 4.78. The van der Waals surface area contributed by atoms with E-state index in [9.17, 15) is 4.79 Å². The molecule has 2 nitrogen and oxygen atoms in total. The van der Waals surface area contributed by atoms with Gasteiger partial charge in [-0.05, 0) is 40.9 Å². The number of hydrogen-bond donors (Lipinski definition) is 0. The molecule has 0 aliphatic rings. The van der Waals surface area contributed by atoms with E-state index in [1.54, 1.807) is 7.11 Å². The molecule has 0 spiro atoms. The molecule has 1 rings (SSSR count). The van der Waals surface area contributed by atoms with Gasteiger partial charge < -0.3 is 4.74 Å². The van der Waals surface area contributed by atoms with Crippen LogP contribution in [-0.4, -0.2) is 19.5 Å². The van der Waals surface area contributed by atoms with E-state index in [-0.39, 0.29) is 5.78 Å². The zero-order valence-electron chi connectivity index (χ0n) is 8.30. The third kappa shape index (κ3) is 3.19. The minimum Gasteiger partial charge on any atom is -0.385 e. The molecule has 0 saturated heterocycles. The summed E-state index contributed by atoms with van der Waals surface area (Å²) in [4.78, 5) is 12.5. The molecular weight excluding hydrogens is 264 g/mol. The molecule has 0 unspecified atom stereocenters. The molecule has 1 aromatic rings. The second-order valence-electron chi connectivity index (χ2n) is 3.09. The molecule has 0 radical (unpaired) electrons. The molecular formula is C10H13BrO2S. The van der Waals surface area contributed by atoms with E-state index < -0.39 is 0 Å². The predicted molar refractivity (Wildman–Crippen MR) is 62.2 cm³/mol. The number of Topliss-reactive ketones (excluding diaryl/α,β-unsaturated/α-hetero) is 1. The number of carbonyl (C=O) groups excluding carboxylic acids is 1. The van der Waals surface area contributed by atoms with Crippen LogP contribution in [0.2, 0.25) is 0 Å². The van der Waals surface area contributed by atoms with Crippen LogP contribution < -0.4 is 0 Å². The van der Waals surface area contributed by atoms with Crippen LogP contribution in [0.5, 0.6) is 0 Å². The van der Waals surface area contributed by atoms with E-state index in [4.69, 9.17) is 4.74 Å². The summed E-state index contributed by atoms with van der Waals surface area (Å²) in [5.74, 6) is 0.209. The van der Waals surface area contributed by atoms with Crippen molar-refractivity contribution in [2.45, 2.75) is 19.8 Å². The second-order valence-corrected chi connectivity index (χ2v) is 5.46. The van der Waals surface area contributed by atoms with Crippen LogP contribution in [0.1, 0.15) is 28.1 Å². The lowest BCUT2D eigenvalue weighted by Gasteiger charge is -1.96. The topological polar surface area (TPSA) is 26.3 Å². The van der Waals surface area contributed by atoms with E-state index >= 15 is 0 Å². The van der Waals surface area contributed by atoms with Crippen LogP contribution in [0.4, 0.5) is 0 Å². The fourth-order valence-electron chi connectivity index (χ4n) is 1.10. The van der Waals surface area contributed by atoms with Gasteiger partial charge in [-0.1, -0.05) is 0 Å². The molecule has 0 fully saturated rings. The largest absolute Gasteiger partial charge is 0.385 e. The summed E-state index contributed by atoms with van der Waals surface area (Å²) in [6.07, 6.45) is 1.37. The maximum Gasteiger partial charge on any atom is 0.172 e. The Hall–Kier alpha value is -0.190. The molecule has 0 bridgehead atoms. The molecule has 0 aliphatic carbocycles. The summed E-state index contributed by atoms with van der Waals surface area (Å²) in [5.41, 5.74) is 1.13. The highest BCUT2D eigenvalue weighted by Crippen LogP contribution is 2.28. The van der Waals surface area contributed by atoms with Crippen molar-refractivity contribution in [2.75, 3.05) is 13.7 Å². The number of hydrogen-bond acceptors (Lipinski definition) is 3. The van der Waals surface area contributed by atoms with E-state index in [0.717, 1.165) is 20.6 Å². The van der Waals surface area contributed by atoms with E-state index in [2.05, 4.69) is 15.9 Å². The lowest BCUT2D eigenvalue weighted by molar-refractivity contribution is 0.0967. The summed E-state index contributed by atoms with van der Waals surface area (Å²) in [6, 6.07) is 1.93. The number of thiophene rings is 1. The first-order valence-corrected chi connectivity index (χ1v) is 6.04. The normalized spacial score (nSPS) is 10.5. The van der Waals surface area contributed by atoms with Gasteiger partial charge in [0, 0.05) is 20.1 Å². The zero-order chi connectivity index (χ0) is 10.6. The third-order valence-corrected chi connectivity index (χ3v) is 4.06. The van der Waals surface area contributed by atoms with Crippen molar-refractivity contribution in [3.63, 3.8) is 0 Å². The number of methoxy groups -OCH3 is 1. The van der Waals surface area contributed by atoms with Crippen molar-refractivity contribution in [3.05, 3.63) is 20.3 Å². The van der Waals surface area contributed by atoms with Gasteiger partial charge in [0.25, 0.3) is 0 Å². The third-order valence-electron chi connectivity index (χ3n) is 1.88. The Bertz CT molecular complexity index is 300. The molecule has 0 amide bonds. The van der Waals surface area contributed by atoms with Crippen molar-refractivity contribution in [1.82, 2.24) is 0 Å². The smallest absolute Gasteiger partial charge is 0.172 e. The minimum atomic E-state index is 0.209. The molecule has 0 saturated carbocycles. The number of ketones is 1. The Morgan fingerprint density at radius 1 is 1.64 bits per heavy atom. The molecule has 4 heteroatoms. The van der Waals surface area contributed by atoms with Gasteiger partial charge in [-0.3, -0.25) is 4.79 Å². The van der Waals surface area contributed by atoms with Crippen LogP contribution in [0, 0.1) is 6.92 Å². The number of rotatable bonds is 5. The van der Waals surface area contributed by atoms with E-state index in [1.165, 1.54) is 11.3 Å². The van der Waals surface area contributed by atoms with Crippen LogP contribution >= 0.6 is 27.3 Å². The quantitative estimate of drug-likeness (QED) is 0.609. The van der Waals surface area contributed by atoms with Gasteiger partial charge in [-0.25, -0.2) is 0 Å². The van der Waals surface area contributed by atoms with E-state index in [1.807, 2.05) is 13.0 Å². The van der Waals surface area contributed by atoms with Crippen molar-refractivity contribution in [3.8, 4) is 0 Å². The zero-order valence-corrected chi connectivity index (χ0v) is 10.7. The maximum absolute atomic E-state index is 11.6. The molecule has 0 aliphatic heterocycles. The SMILES string of the molecule is COCCCC(=O)c1cc(C)c(Br)s1. The second kappa shape index (κ2) is 5.63.